The van der Waals surface area contributed by atoms with Gasteiger partial charge in [-0.05, 0) is 49.0 Å². The van der Waals surface area contributed by atoms with E-state index in [0.29, 0.717) is 11.6 Å². The summed E-state index contributed by atoms with van der Waals surface area (Å²) in [5.41, 5.74) is 1.05. The summed E-state index contributed by atoms with van der Waals surface area (Å²) >= 11 is 0. The lowest BCUT2D eigenvalue weighted by Gasteiger charge is -2.23. The molecule has 0 aromatic heterocycles. The number of carbonyl (C=O) groups excluding carboxylic acids is 2. The summed E-state index contributed by atoms with van der Waals surface area (Å²) in [7, 11) is 0. The van der Waals surface area contributed by atoms with Gasteiger partial charge in [-0.3, -0.25) is 4.79 Å². The van der Waals surface area contributed by atoms with E-state index >= 15 is 0 Å². The van der Waals surface area contributed by atoms with E-state index in [1.165, 1.54) is 12.1 Å². The second-order valence-electron chi connectivity index (χ2n) is 6.37. The molecule has 1 atom stereocenters. The molecule has 0 saturated carbocycles. The van der Waals surface area contributed by atoms with Gasteiger partial charge in [-0.25, -0.2) is 4.79 Å². The summed E-state index contributed by atoms with van der Waals surface area (Å²) in [4.78, 5) is 28.0. The zero-order chi connectivity index (χ0) is 18.6. The first-order valence-electron chi connectivity index (χ1n) is 8.11. The van der Waals surface area contributed by atoms with Gasteiger partial charge in [-0.1, -0.05) is 26.0 Å². The van der Waals surface area contributed by atoms with Crippen molar-refractivity contribution in [2.24, 2.45) is 5.92 Å². The van der Waals surface area contributed by atoms with E-state index < -0.39 is 18.1 Å². The van der Waals surface area contributed by atoms with Crippen molar-refractivity contribution >= 4 is 17.6 Å². The molecule has 1 aromatic carbocycles. The largest absolute Gasteiger partial charge is 0.493 e. The van der Waals surface area contributed by atoms with E-state index in [4.69, 9.17) is 0 Å². The minimum Gasteiger partial charge on any atom is -0.324 e. The summed E-state index contributed by atoms with van der Waals surface area (Å²) in [5.74, 6) is -2.86. The van der Waals surface area contributed by atoms with Gasteiger partial charge < -0.3 is 10.2 Å². The molecule has 1 N–H and O–H groups in total. The molecule has 0 bridgehead atoms. The van der Waals surface area contributed by atoms with Crippen LogP contribution in [0.15, 0.2) is 24.3 Å². The first kappa shape index (κ1) is 19.2. The highest BCUT2D eigenvalue weighted by Gasteiger charge is 2.43. The Morgan fingerprint density at radius 3 is 2.40 bits per heavy atom. The molecule has 0 radical (unpaired) electrons. The quantitative estimate of drug-likeness (QED) is 0.840. The van der Waals surface area contributed by atoms with E-state index in [1.807, 2.05) is 13.8 Å². The maximum Gasteiger partial charge on any atom is 0.493 e. The molecule has 2 rings (SSSR count). The molecule has 1 aliphatic rings. The smallest absolute Gasteiger partial charge is 0.324 e. The predicted octanol–water partition coefficient (Wildman–Crippen LogP) is 3.16. The average Bonchev–Trinajstić information content (AvgIpc) is 3.04. The Labute approximate surface area is 144 Å². The number of rotatable bonds is 4. The molecule has 0 aliphatic carbocycles. The highest BCUT2D eigenvalue weighted by molar-refractivity contribution is 5.94. The van der Waals surface area contributed by atoms with Crippen LogP contribution in [0, 0.1) is 5.92 Å². The van der Waals surface area contributed by atoms with Crippen LogP contribution >= 0.6 is 0 Å². The second kappa shape index (κ2) is 7.86. The number of alkyl halides is 3. The lowest BCUT2D eigenvalue weighted by molar-refractivity contribution is -0.201. The zero-order valence-electron chi connectivity index (χ0n) is 14.1. The third-order valence-corrected chi connectivity index (χ3v) is 4.05. The van der Waals surface area contributed by atoms with Crippen LogP contribution in [0.4, 0.5) is 18.9 Å². The number of hydroxylamine groups is 1. The number of nitrogens with one attached hydrogen (secondary N) is 1. The van der Waals surface area contributed by atoms with Gasteiger partial charge in [0.2, 0.25) is 0 Å². The molecule has 8 heteroatoms. The monoisotopic (exact) mass is 358 g/mol. The van der Waals surface area contributed by atoms with E-state index in [-0.39, 0.29) is 23.9 Å². The Hall–Kier alpha value is -2.09. The molecule has 1 fully saturated rings. The van der Waals surface area contributed by atoms with Crippen molar-refractivity contribution < 1.29 is 27.6 Å². The molecule has 1 unspecified atom stereocenters. The summed E-state index contributed by atoms with van der Waals surface area (Å²) in [6.45, 7) is 5.30. The maximum atomic E-state index is 12.5. The normalized spacial score (nSPS) is 17.6. The zero-order valence-corrected chi connectivity index (χ0v) is 14.1. The van der Waals surface area contributed by atoms with Crippen molar-refractivity contribution in [2.75, 3.05) is 18.2 Å². The van der Waals surface area contributed by atoms with Crippen molar-refractivity contribution in [2.45, 2.75) is 38.8 Å². The van der Waals surface area contributed by atoms with Crippen LogP contribution in [-0.2, 0) is 14.4 Å². The van der Waals surface area contributed by atoms with Crippen molar-refractivity contribution in [3.63, 3.8) is 0 Å². The number of anilines is 1. The molecule has 1 amide bonds. The van der Waals surface area contributed by atoms with Crippen LogP contribution in [0.25, 0.3) is 0 Å². The van der Waals surface area contributed by atoms with Gasteiger partial charge in [-0.15, -0.1) is 5.06 Å². The van der Waals surface area contributed by atoms with Gasteiger partial charge in [0.15, 0.2) is 0 Å². The van der Waals surface area contributed by atoms with Gasteiger partial charge in [-0.2, -0.15) is 13.2 Å². The lowest BCUT2D eigenvalue weighted by Crippen LogP contribution is -2.39. The van der Waals surface area contributed by atoms with E-state index in [9.17, 15) is 22.8 Å². The number of nitrogens with zero attached hydrogens (tertiary/aromatic N) is 1. The Kier molecular flexibility index (Phi) is 6.05. The Bertz CT molecular complexity index is 609. The fourth-order valence-electron chi connectivity index (χ4n) is 2.60. The molecular weight excluding hydrogens is 337 g/mol. The third-order valence-electron chi connectivity index (χ3n) is 4.05. The number of halogens is 3. The third kappa shape index (κ3) is 5.19. The first-order valence-corrected chi connectivity index (χ1v) is 8.11. The van der Waals surface area contributed by atoms with Crippen molar-refractivity contribution in [3.8, 4) is 0 Å². The molecule has 1 saturated heterocycles. The Balaban J connectivity index is 2.20. The number of hydrogen-bond acceptors (Lipinski definition) is 4. The molecule has 0 spiro atoms. The van der Waals surface area contributed by atoms with Gasteiger partial charge >= 0.3 is 12.1 Å². The number of hydrogen-bond donors (Lipinski definition) is 1. The summed E-state index contributed by atoms with van der Waals surface area (Å²) in [5, 5.41) is 3.54. The predicted molar refractivity (Wildman–Crippen MR) is 85.8 cm³/mol. The van der Waals surface area contributed by atoms with E-state index in [2.05, 4.69) is 10.2 Å². The Morgan fingerprint density at radius 1 is 1.28 bits per heavy atom. The number of benzene rings is 1. The summed E-state index contributed by atoms with van der Waals surface area (Å²) in [6, 6.07) is 6.34. The van der Waals surface area contributed by atoms with Crippen molar-refractivity contribution in [1.82, 2.24) is 5.32 Å². The highest BCUT2D eigenvalue weighted by atomic mass is 19.4. The van der Waals surface area contributed by atoms with Gasteiger partial charge in [0.1, 0.15) is 0 Å². The molecule has 5 nitrogen and oxygen atoms in total. The van der Waals surface area contributed by atoms with E-state index in [1.54, 1.807) is 12.1 Å². The standard InChI is InChI=1S/C17H21F3N2O3/c1-11(2)13-3-5-14(6-4-13)22(25-16(24)17(18,19)20)15(23)9-12-7-8-21-10-12/h3-6,11-12,21H,7-10H2,1-2H3. The molecule has 25 heavy (non-hydrogen) atoms. The lowest BCUT2D eigenvalue weighted by atomic mass is 10.0. The second-order valence-corrected chi connectivity index (χ2v) is 6.37. The van der Waals surface area contributed by atoms with Crippen LogP contribution in [0.2, 0.25) is 0 Å². The minimum absolute atomic E-state index is 0.00404. The van der Waals surface area contributed by atoms with Crippen LogP contribution in [0.5, 0.6) is 0 Å². The van der Waals surface area contributed by atoms with Gasteiger partial charge in [0.25, 0.3) is 5.91 Å². The molecule has 1 aliphatic heterocycles. The number of carbonyl (C=O) groups is 2. The van der Waals surface area contributed by atoms with Crippen molar-refractivity contribution in [1.29, 1.82) is 0 Å². The fraction of sp³-hybridized carbons (Fsp3) is 0.529. The Morgan fingerprint density at radius 2 is 1.92 bits per heavy atom. The van der Waals surface area contributed by atoms with Crippen LogP contribution in [0.1, 0.15) is 38.2 Å². The van der Waals surface area contributed by atoms with Crippen LogP contribution < -0.4 is 10.4 Å². The van der Waals surface area contributed by atoms with Gasteiger partial charge in [0.05, 0.1) is 5.69 Å². The molecule has 1 aromatic rings. The topological polar surface area (TPSA) is 58.6 Å². The molecule has 138 valence electrons. The SMILES string of the molecule is CC(C)c1ccc(N(OC(=O)C(F)(F)F)C(=O)CC2CCNC2)cc1. The number of amides is 1. The highest BCUT2D eigenvalue weighted by Crippen LogP contribution is 2.25. The minimum atomic E-state index is -5.18. The van der Waals surface area contributed by atoms with Crippen molar-refractivity contribution in [3.05, 3.63) is 29.8 Å². The van der Waals surface area contributed by atoms with E-state index in [0.717, 1.165) is 18.5 Å². The fourth-order valence-corrected chi connectivity index (χ4v) is 2.60. The average molecular weight is 358 g/mol. The molecular formula is C17H21F3N2O3. The van der Waals surface area contributed by atoms with Gasteiger partial charge in [0, 0.05) is 6.42 Å². The molecule has 1 heterocycles. The maximum absolute atomic E-state index is 12.5. The van der Waals surface area contributed by atoms with Crippen LogP contribution in [-0.4, -0.2) is 31.1 Å². The summed E-state index contributed by atoms with van der Waals surface area (Å²) < 4.78 is 37.6. The summed E-state index contributed by atoms with van der Waals surface area (Å²) in [6.07, 6.45) is -4.42. The van der Waals surface area contributed by atoms with Crippen LogP contribution in [0.3, 0.4) is 0 Å². The first-order chi connectivity index (χ1) is 11.7.